The first-order valence-electron chi connectivity index (χ1n) is 8.79. The van der Waals surface area contributed by atoms with Gasteiger partial charge in [-0.25, -0.2) is 0 Å². The van der Waals surface area contributed by atoms with Gasteiger partial charge in [-0.3, -0.25) is 0 Å². The van der Waals surface area contributed by atoms with Crippen molar-refractivity contribution >= 4 is 0 Å². The summed E-state index contributed by atoms with van der Waals surface area (Å²) in [5.74, 6) is 0.947. The van der Waals surface area contributed by atoms with Gasteiger partial charge in [0.25, 0.3) is 0 Å². The lowest BCUT2D eigenvalue weighted by Crippen LogP contribution is -2.24. The van der Waals surface area contributed by atoms with Crippen LogP contribution in [0.3, 0.4) is 0 Å². The Balaban J connectivity index is 1.40. The van der Waals surface area contributed by atoms with E-state index in [-0.39, 0.29) is 0 Å². The van der Waals surface area contributed by atoms with Crippen molar-refractivity contribution in [2.75, 3.05) is 20.1 Å². The van der Waals surface area contributed by atoms with Crippen LogP contribution in [0.25, 0.3) is 0 Å². The van der Waals surface area contributed by atoms with Crippen LogP contribution in [0.4, 0.5) is 0 Å². The van der Waals surface area contributed by atoms with Gasteiger partial charge in [0.2, 0.25) is 0 Å². The van der Waals surface area contributed by atoms with Crippen molar-refractivity contribution in [3.05, 3.63) is 35.4 Å². The van der Waals surface area contributed by atoms with Gasteiger partial charge in [0.05, 0.1) is 0 Å². The molecule has 2 nitrogen and oxygen atoms in total. The Morgan fingerprint density at radius 3 is 2.33 bits per heavy atom. The van der Waals surface area contributed by atoms with Crippen LogP contribution in [0.1, 0.15) is 49.7 Å². The molecule has 1 aromatic rings. The molecule has 0 radical (unpaired) electrons. The van der Waals surface area contributed by atoms with E-state index in [4.69, 9.17) is 0 Å². The highest BCUT2D eigenvalue weighted by Crippen LogP contribution is 2.25. The van der Waals surface area contributed by atoms with E-state index in [0.29, 0.717) is 0 Å². The molecule has 0 atom stereocenters. The van der Waals surface area contributed by atoms with Gasteiger partial charge in [0, 0.05) is 19.1 Å². The first kappa shape index (κ1) is 15.1. The Morgan fingerprint density at radius 1 is 1.00 bits per heavy atom. The van der Waals surface area contributed by atoms with Crippen LogP contribution in [-0.4, -0.2) is 31.1 Å². The number of rotatable bonds is 8. The van der Waals surface area contributed by atoms with Crippen molar-refractivity contribution in [2.24, 2.45) is 5.92 Å². The number of nitrogens with zero attached hydrogens (tertiary/aromatic N) is 1. The normalized spacial score (nSPS) is 19.5. The minimum Gasteiger partial charge on any atom is -0.314 e. The van der Waals surface area contributed by atoms with E-state index in [1.54, 1.807) is 0 Å². The molecule has 116 valence electrons. The highest BCUT2D eigenvalue weighted by molar-refractivity contribution is 5.22. The quantitative estimate of drug-likeness (QED) is 0.785. The molecule has 2 heteroatoms. The highest BCUT2D eigenvalue weighted by Gasteiger charge is 2.19. The van der Waals surface area contributed by atoms with Gasteiger partial charge in [-0.1, -0.05) is 37.1 Å². The van der Waals surface area contributed by atoms with E-state index < -0.39 is 0 Å². The Kier molecular flexibility index (Phi) is 5.32. The average molecular weight is 286 g/mol. The molecular weight excluding hydrogens is 256 g/mol. The summed E-state index contributed by atoms with van der Waals surface area (Å²) < 4.78 is 0. The van der Waals surface area contributed by atoms with E-state index in [1.165, 1.54) is 56.2 Å². The molecule has 2 aliphatic rings. The lowest BCUT2D eigenvalue weighted by Gasteiger charge is -2.20. The second-order valence-corrected chi connectivity index (χ2v) is 7.14. The van der Waals surface area contributed by atoms with Gasteiger partial charge in [-0.15, -0.1) is 0 Å². The van der Waals surface area contributed by atoms with Crippen LogP contribution in [0.5, 0.6) is 0 Å². The molecular formula is C19H30N2. The summed E-state index contributed by atoms with van der Waals surface area (Å²) in [5, 5.41) is 3.58. The largest absolute Gasteiger partial charge is 0.314 e. The lowest BCUT2D eigenvalue weighted by atomic mass is 10.1. The van der Waals surface area contributed by atoms with Crippen molar-refractivity contribution in [1.82, 2.24) is 10.2 Å². The fraction of sp³-hybridized carbons (Fsp3) is 0.684. The summed E-state index contributed by atoms with van der Waals surface area (Å²) in [6, 6.07) is 10.1. The van der Waals surface area contributed by atoms with Crippen LogP contribution in [-0.2, 0) is 13.0 Å². The minimum absolute atomic E-state index is 0.827. The van der Waals surface area contributed by atoms with Gasteiger partial charge in [0.15, 0.2) is 0 Å². The predicted molar refractivity (Wildman–Crippen MR) is 89.5 cm³/mol. The summed E-state index contributed by atoms with van der Waals surface area (Å²) >= 11 is 0. The Bertz CT molecular complexity index is 416. The van der Waals surface area contributed by atoms with Crippen molar-refractivity contribution in [3.8, 4) is 0 Å². The first-order chi connectivity index (χ1) is 10.3. The van der Waals surface area contributed by atoms with Crippen molar-refractivity contribution in [3.63, 3.8) is 0 Å². The van der Waals surface area contributed by atoms with Crippen molar-refractivity contribution in [1.29, 1.82) is 0 Å². The molecule has 0 aromatic heterocycles. The first-order valence-corrected chi connectivity index (χ1v) is 8.79. The van der Waals surface area contributed by atoms with Gasteiger partial charge in [0.1, 0.15) is 0 Å². The van der Waals surface area contributed by atoms with E-state index >= 15 is 0 Å². The van der Waals surface area contributed by atoms with Crippen LogP contribution >= 0.6 is 0 Å². The van der Waals surface area contributed by atoms with E-state index in [1.807, 2.05) is 0 Å². The topological polar surface area (TPSA) is 15.3 Å². The zero-order valence-corrected chi connectivity index (χ0v) is 13.5. The molecule has 1 aromatic carbocycles. The van der Waals surface area contributed by atoms with Crippen LogP contribution in [0.2, 0.25) is 0 Å². The van der Waals surface area contributed by atoms with Crippen LogP contribution < -0.4 is 5.32 Å². The van der Waals surface area contributed by atoms with Gasteiger partial charge < -0.3 is 10.2 Å². The van der Waals surface area contributed by atoms with Crippen LogP contribution in [0.15, 0.2) is 24.3 Å². The fourth-order valence-electron chi connectivity index (χ4n) is 3.53. The molecule has 0 saturated heterocycles. The molecule has 0 unspecified atom stereocenters. The highest BCUT2D eigenvalue weighted by atomic mass is 15.1. The molecule has 3 rings (SSSR count). The predicted octanol–water partition coefficient (Wildman–Crippen LogP) is 3.60. The monoisotopic (exact) mass is 286 g/mol. The van der Waals surface area contributed by atoms with E-state index in [2.05, 4.69) is 41.5 Å². The average Bonchev–Trinajstić information content (AvgIpc) is 3.16. The lowest BCUT2D eigenvalue weighted by molar-refractivity contribution is 0.271. The third-order valence-corrected chi connectivity index (χ3v) is 4.94. The molecule has 0 amide bonds. The maximum absolute atomic E-state index is 3.58. The molecule has 0 heterocycles. The zero-order chi connectivity index (χ0) is 14.5. The number of hydrogen-bond acceptors (Lipinski definition) is 2. The van der Waals surface area contributed by atoms with E-state index in [9.17, 15) is 0 Å². The van der Waals surface area contributed by atoms with Gasteiger partial charge in [-0.2, -0.15) is 0 Å². The van der Waals surface area contributed by atoms with Gasteiger partial charge in [-0.05, 0) is 62.7 Å². The molecule has 2 fully saturated rings. The molecule has 1 N–H and O–H groups in total. The maximum atomic E-state index is 3.58. The summed E-state index contributed by atoms with van der Waals surface area (Å²) in [4.78, 5) is 2.50. The molecule has 21 heavy (non-hydrogen) atoms. The third kappa shape index (κ3) is 5.12. The van der Waals surface area contributed by atoms with Crippen molar-refractivity contribution in [2.45, 2.75) is 57.5 Å². The fourth-order valence-corrected chi connectivity index (χ4v) is 3.53. The summed E-state index contributed by atoms with van der Waals surface area (Å²) in [7, 11) is 2.27. The zero-order valence-electron chi connectivity index (χ0n) is 13.5. The standard InChI is InChI=1S/C19H30N2/c1-21(14-17-4-2-3-5-17)15-18-8-6-16(7-9-18)12-13-20-19-10-11-19/h6-9,17,19-20H,2-5,10-15H2,1H3. The molecule has 2 aliphatic carbocycles. The molecule has 0 spiro atoms. The Morgan fingerprint density at radius 2 is 1.67 bits per heavy atom. The Hall–Kier alpha value is -0.860. The smallest absolute Gasteiger partial charge is 0.0230 e. The van der Waals surface area contributed by atoms with Crippen molar-refractivity contribution < 1.29 is 0 Å². The summed E-state index contributed by atoms with van der Waals surface area (Å²) in [5.41, 5.74) is 2.92. The van der Waals surface area contributed by atoms with Crippen LogP contribution in [0, 0.1) is 5.92 Å². The SMILES string of the molecule is CN(Cc1ccc(CCNC2CC2)cc1)CC1CCCC1. The van der Waals surface area contributed by atoms with E-state index in [0.717, 1.165) is 31.5 Å². The summed E-state index contributed by atoms with van der Waals surface area (Å²) in [6.45, 7) is 3.50. The molecule has 2 saturated carbocycles. The molecule has 0 aliphatic heterocycles. The number of benzene rings is 1. The molecule has 0 bridgehead atoms. The second kappa shape index (κ2) is 7.42. The number of nitrogens with one attached hydrogen (secondary N) is 1. The number of hydrogen-bond donors (Lipinski definition) is 1. The maximum Gasteiger partial charge on any atom is 0.0230 e. The second-order valence-electron chi connectivity index (χ2n) is 7.14. The third-order valence-electron chi connectivity index (χ3n) is 4.94. The summed E-state index contributed by atoms with van der Waals surface area (Å²) in [6.07, 6.45) is 9.70. The Labute approximate surface area is 129 Å². The minimum atomic E-state index is 0.827. The van der Waals surface area contributed by atoms with Gasteiger partial charge >= 0.3 is 0 Å².